The molecule has 3 nitrogen and oxygen atoms in total. The van der Waals surface area contributed by atoms with Gasteiger partial charge in [-0.25, -0.2) is 4.98 Å². The molecule has 0 aliphatic heterocycles. The lowest BCUT2D eigenvalue weighted by Gasteiger charge is -1.98. The fourth-order valence-electron chi connectivity index (χ4n) is 1.19. The maximum absolute atomic E-state index is 10.5. The molecule has 1 rings (SSSR count). The summed E-state index contributed by atoms with van der Waals surface area (Å²) in [5, 5.41) is 0. The first-order valence-corrected chi connectivity index (χ1v) is 3.68. The molecule has 0 N–H and O–H groups in total. The van der Waals surface area contributed by atoms with Crippen molar-refractivity contribution in [3.63, 3.8) is 0 Å². The zero-order valence-electron chi connectivity index (χ0n) is 7.09. The minimum absolute atomic E-state index is 0.576. The van der Waals surface area contributed by atoms with Gasteiger partial charge < -0.3 is 4.57 Å². The van der Waals surface area contributed by atoms with Crippen LogP contribution in [0.15, 0.2) is 0 Å². The number of aldehydes is 1. The van der Waals surface area contributed by atoms with Crippen LogP contribution in [0.25, 0.3) is 0 Å². The SMILES string of the molecule is CCc1c(C=O)nc(C)n1C. The number of hydrogen-bond donors (Lipinski definition) is 0. The summed E-state index contributed by atoms with van der Waals surface area (Å²) < 4.78 is 1.95. The third-order valence-electron chi connectivity index (χ3n) is 1.91. The standard InChI is InChI=1S/C8H12N2O/c1-4-8-7(5-11)9-6(2)10(8)3/h5H,4H2,1-3H3. The van der Waals surface area contributed by atoms with Crippen molar-refractivity contribution in [1.29, 1.82) is 0 Å². The van der Waals surface area contributed by atoms with Gasteiger partial charge in [-0.1, -0.05) is 6.92 Å². The Morgan fingerprint density at radius 3 is 2.64 bits per heavy atom. The van der Waals surface area contributed by atoms with Crippen LogP contribution >= 0.6 is 0 Å². The number of imidazole rings is 1. The van der Waals surface area contributed by atoms with Gasteiger partial charge in [-0.3, -0.25) is 4.79 Å². The van der Waals surface area contributed by atoms with Gasteiger partial charge in [0.15, 0.2) is 6.29 Å². The van der Waals surface area contributed by atoms with Gasteiger partial charge in [-0.05, 0) is 13.3 Å². The molecule has 0 spiro atoms. The topological polar surface area (TPSA) is 34.9 Å². The molecule has 0 aliphatic carbocycles. The molecule has 0 aromatic carbocycles. The van der Waals surface area contributed by atoms with Crippen LogP contribution in [0.1, 0.15) is 28.9 Å². The third kappa shape index (κ3) is 1.18. The van der Waals surface area contributed by atoms with E-state index < -0.39 is 0 Å². The van der Waals surface area contributed by atoms with Crippen LogP contribution in [0.2, 0.25) is 0 Å². The molecule has 0 fully saturated rings. The number of nitrogens with zero attached hydrogens (tertiary/aromatic N) is 2. The summed E-state index contributed by atoms with van der Waals surface area (Å²) in [6, 6.07) is 0. The summed E-state index contributed by atoms with van der Waals surface area (Å²) >= 11 is 0. The second-order valence-electron chi connectivity index (χ2n) is 2.52. The smallest absolute Gasteiger partial charge is 0.170 e. The molecule has 3 heteroatoms. The minimum atomic E-state index is 0.576. The summed E-state index contributed by atoms with van der Waals surface area (Å²) in [6.45, 7) is 3.91. The second-order valence-corrected chi connectivity index (χ2v) is 2.52. The Balaban J connectivity index is 3.26. The van der Waals surface area contributed by atoms with Crippen LogP contribution in [0.5, 0.6) is 0 Å². The lowest BCUT2D eigenvalue weighted by Crippen LogP contribution is -1.98. The Morgan fingerprint density at radius 2 is 2.27 bits per heavy atom. The van der Waals surface area contributed by atoms with Gasteiger partial charge in [0.2, 0.25) is 0 Å². The van der Waals surface area contributed by atoms with Crippen molar-refractivity contribution in [3.8, 4) is 0 Å². The molecule has 1 aromatic rings. The Labute approximate surface area is 66.1 Å². The van der Waals surface area contributed by atoms with E-state index in [9.17, 15) is 4.79 Å². The Hall–Kier alpha value is -1.12. The van der Waals surface area contributed by atoms with Gasteiger partial charge in [0.25, 0.3) is 0 Å². The van der Waals surface area contributed by atoms with Gasteiger partial charge in [-0.15, -0.1) is 0 Å². The molecule has 1 aromatic heterocycles. The monoisotopic (exact) mass is 152 g/mol. The van der Waals surface area contributed by atoms with E-state index in [2.05, 4.69) is 4.98 Å². The number of carbonyl (C=O) groups excluding carboxylic acids is 1. The summed E-state index contributed by atoms with van der Waals surface area (Å²) in [7, 11) is 1.92. The largest absolute Gasteiger partial charge is 0.335 e. The summed E-state index contributed by atoms with van der Waals surface area (Å²) in [4.78, 5) is 14.6. The zero-order chi connectivity index (χ0) is 8.43. The summed E-state index contributed by atoms with van der Waals surface area (Å²) in [6.07, 6.45) is 1.66. The first-order valence-electron chi connectivity index (χ1n) is 3.68. The highest BCUT2D eigenvalue weighted by atomic mass is 16.1. The van der Waals surface area contributed by atoms with Crippen molar-refractivity contribution in [2.24, 2.45) is 7.05 Å². The fraction of sp³-hybridized carbons (Fsp3) is 0.500. The lowest BCUT2D eigenvalue weighted by atomic mass is 10.3. The van der Waals surface area contributed by atoms with Gasteiger partial charge in [-0.2, -0.15) is 0 Å². The first-order chi connectivity index (χ1) is 5.20. The highest BCUT2D eigenvalue weighted by Gasteiger charge is 2.07. The zero-order valence-corrected chi connectivity index (χ0v) is 7.09. The van der Waals surface area contributed by atoms with Crippen LogP contribution in [-0.2, 0) is 13.5 Å². The van der Waals surface area contributed by atoms with Crippen LogP contribution in [0.4, 0.5) is 0 Å². The van der Waals surface area contributed by atoms with Crippen molar-refractivity contribution in [2.75, 3.05) is 0 Å². The lowest BCUT2D eigenvalue weighted by molar-refractivity contribution is 0.111. The van der Waals surface area contributed by atoms with Crippen LogP contribution in [0.3, 0.4) is 0 Å². The van der Waals surface area contributed by atoms with Crippen molar-refractivity contribution in [2.45, 2.75) is 20.3 Å². The molecule has 0 aliphatic rings. The average Bonchev–Trinajstić information content (AvgIpc) is 2.28. The van der Waals surface area contributed by atoms with Gasteiger partial charge in [0.1, 0.15) is 11.5 Å². The maximum atomic E-state index is 10.5. The molecule has 0 radical (unpaired) electrons. The molecule has 60 valence electrons. The normalized spacial score (nSPS) is 10.1. The number of aromatic nitrogens is 2. The molecule has 11 heavy (non-hydrogen) atoms. The number of hydrogen-bond acceptors (Lipinski definition) is 2. The summed E-state index contributed by atoms with van der Waals surface area (Å²) in [5.41, 5.74) is 1.59. The molecule has 1 heterocycles. The van der Waals surface area contributed by atoms with Crippen molar-refractivity contribution in [1.82, 2.24) is 9.55 Å². The quantitative estimate of drug-likeness (QED) is 0.595. The summed E-state index contributed by atoms with van der Waals surface area (Å²) in [5.74, 6) is 0.893. The van der Waals surface area contributed by atoms with E-state index in [1.807, 2.05) is 25.5 Å². The van der Waals surface area contributed by atoms with E-state index >= 15 is 0 Å². The van der Waals surface area contributed by atoms with E-state index in [1.54, 1.807) is 0 Å². The predicted octanol–water partition coefficient (Wildman–Crippen LogP) is 1.10. The van der Waals surface area contributed by atoms with Crippen LogP contribution < -0.4 is 0 Å². The van der Waals surface area contributed by atoms with Crippen molar-refractivity contribution in [3.05, 3.63) is 17.2 Å². The Morgan fingerprint density at radius 1 is 1.64 bits per heavy atom. The van der Waals surface area contributed by atoms with E-state index in [4.69, 9.17) is 0 Å². The van der Waals surface area contributed by atoms with Gasteiger partial charge in [0.05, 0.1) is 0 Å². The minimum Gasteiger partial charge on any atom is -0.335 e. The predicted molar refractivity (Wildman–Crippen MR) is 42.7 cm³/mol. The highest BCUT2D eigenvalue weighted by Crippen LogP contribution is 2.07. The van der Waals surface area contributed by atoms with E-state index in [0.717, 1.165) is 24.2 Å². The number of rotatable bonds is 2. The molecule has 0 saturated heterocycles. The van der Waals surface area contributed by atoms with Crippen LogP contribution in [0, 0.1) is 6.92 Å². The molecule has 0 saturated carbocycles. The maximum Gasteiger partial charge on any atom is 0.170 e. The van der Waals surface area contributed by atoms with E-state index in [-0.39, 0.29) is 0 Å². The molecule has 0 bridgehead atoms. The Kier molecular flexibility index (Phi) is 2.08. The second kappa shape index (κ2) is 2.86. The molecular weight excluding hydrogens is 140 g/mol. The highest BCUT2D eigenvalue weighted by molar-refractivity contribution is 5.73. The number of carbonyl (C=O) groups is 1. The van der Waals surface area contributed by atoms with E-state index in [0.29, 0.717) is 5.69 Å². The fourth-order valence-corrected chi connectivity index (χ4v) is 1.19. The molecule has 0 unspecified atom stereocenters. The van der Waals surface area contributed by atoms with Crippen LogP contribution in [-0.4, -0.2) is 15.8 Å². The van der Waals surface area contributed by atoms with E-state index in [1.165, 1.54) is 0 Å². The Bertz CT molecular complexity index is 276. The van der Waals surface area contributed by atoms with Gasteiger partial charge in [0, 0.05) is 12.7 Å². The molecule has 0 atom stereocenters. The van der Waals surface area contributed by atoms with Gasteiger partial charge >= 0.3 is 0 Å². The first kappa shape index (κ1) is 7.98. The van der Waals surface area contributed by atoms with Crippen molar-refractivity contribution >= 4 is 6.29 Å². The number of aryl methyl sites for hydroxylation is 1. The van der Waals surface area contributed by atoms with Crippen molar-refractivity contribution < 1.29 is 4.79 Å². The third-order valence-corrected chi connectivity index (χ3v) is 1.91. The molecular formula is C8H12N2O. The average molecular weight is 152 g/mol. The molecule has 0 amide bonds.